The summed E-state index contributed by atoms with van der Waals surface area (Å²) in [4.78, 5) is 14.9. The lowest BCUT2D eigenvalue weighted by atomic mass is 9.91. The molecule has 2 N–H and O–H groups in total. The average Bonchev–Trinajstić information content (AvgIpc) is 3.07. The molecule has 2 unspecified atom stereocenters. The van der Waals surface area contributed by atoms with Crippen LogP contribution in [0.5, 0.6) is 0 Å². The third-order valence-corrected chi connectivity index (χ3v) is 6.62. The van der Waals surface area contributed by atoms with Crippen LogP contribution >= 0.6 is 15.9 Å². The number of halogens is 1. The normalized spacial score (nSPS) is 28.1. The number of amides is 1. The molecular weight excluding hydrogens is 366 g/mol. The van der Waals surface area contributed by atoms with Crippen LogP contribution in [0.3, 0.4) is 0 Å². The fourth-order valence-corrected chi connectivity index (χ4v) is 4.86. The molecule has 0 bridgehead atoms. The Morgan fingerprint density at radius 2 is 2.21 bits per heavy atom. The average molecular weight is 392 g/mol. The summed E-state index contributed by atoms with van der Waals surface area (Å²) in [6, 6.07) is 8.48. The number of hydrogen-bond acceptors (Lipinski definition) is 3. The number of carbonyl (C=O) groups excluding carboxylic acids is 1. The van der Waals surface area contributed by atoms with Gasteiger partial charge in [0, 0.05) is 35.7 Å². The molecule has 4 rings (SSSR count). The van der Waals surface area contributed by atoms with Gasteiger partial charge in [-0.15, -0.1) is 0 Å². The zero-order valence-corrected chi connectivity index (χ0v) is 15.6. The summed E-state index contributed by atoms with van der Waals surface area (Å²) in [6.07, 6.45) is 4.61. The fraction of sp³-hybridized carbons (Fsp3) is 0.632. The number of piperidine rings is 1. The van der Waals surface area contributed by atoms with Crippen molar-refractivity contribution in [1.82, 2.24) is 10.6 Å². The monoisotopic (exact) mass is 391 g/mol. The minimum Gasteiger partial charge on any atom is -0.371 e. The molecule has 1 amide bonds. The first-order valence-electron chi connectivity index (χ1n) is 9.15. The Morgan fingerprint density at radius 1 is 1.38 bits per heavy atom. The fourth-order valence-electron chi connectivity index (χ4n) is 4.47. The van der Waals surface area contributed by atoms with Crippen molar-refractivity contribution in [3.8, 4) is 0 Å². The predicted molar refractivity (Wildman–Crippen MR) is 100 cm³/mol. The van der Waals surface area contributed by atoms with Crippen molar-refractivity contribution >= 4 is 27.5 Å². The molecule has 0 radical (unpaired) electrons. The van der Waals surface area contributed by atoms with E-state index in [1.165, 1.54) is 18.5 Å². The number of anilines is 1. The van der Waals surface area contributed by atoms with E-state index in [0.29, 0.717) is 17.2 Å². The van der Waals surface area contributed by atoms with Gasteiger partial charge in [-0.05, 0) is 68.3 Å². The first-order valence-corrected chi connectivity index (χ1v) is 9.95. The molecule has 0 aromatic heterocycles. The Labute approximate surface area is 152 Å². The molecule has 2 aliphatic heterocycles. The highest BCUT2D eigenvalue weighted by Crippen LogP contribution is 2.58. The highest BCUT2D eigenvalue weighted by atomic mass is 79.9. The zero-order valence-electron chi connectivity index (χ0n) is 14.1. The van der Waals surface area contributed by atoms with Crippen LogP contribution in [0.1, 0.15) is 25.7 Å². The summed E-state index contributed by atoms with van der Waals surface area (Å²) < 4.78 is 1.12. The van der Waals surface area contributed by atoms with Gasteiger partial charge in [-0.25, -0.2) is 0 Å². The number of benzene rings is 1. The molecule has 1 saturated carbocycles. The summed E-state index contributed by atoms with van der Waals surface area (Å²) in [5.41, 5.74) is 1.61. The second kappa shape index (κ2) is 6.68. The Hall–Kier alpha value is -1.07. The van der Waals surface area contributed by atoms with Gasteiger partial charge in [0.1, 0.15) is 0 Å². The van der Waals surface area contributed by atoms with E-state index >= 15 is 0 Å². The first kappa shape index (κ1) is 16.4. The Kier molecular flexibility index (Phi) is 4.56. The van der Waals surface area contributed by atoms with Crippen molar-refractivity contribution in [2.45, 2.75) is 25.7 Å². The third kappa shape index (κ3) is 3.33. The smallest absolute Gasteiger partial charge is 0.223 e. The lowest BCUT2D eigenvalue weighted by molar-refractivity contribution is -0.123. The van der Waals surface area contributed by atoms with Gasteiger partial charge in [0.15, 0.2) is 0 Å². The van der Waals surface area contributed by atoms with Crippen LogP contribution in [0.4, 0.5) is 5.69 Å². The summed E-state index contributed by atoms with van der Waals surface area (Å²) in [7, 11) is 0. The molecule has 1 aromatic carbocycles. The van der Waals surface area contributed by atoms with E-state index in [1.807, 2.05) is 0 Å². The van der Waals surface area contributed by atoms with Crippen molar-refractivity contribution in [3.05, 3.63) is 28.7 Å². The largest absolute Gasteiger partial charge is 0.371 e. The van der Waals surface area contributed by atoms with E-state index in [9.17, 15) is 4.79 Å². The molecule has 1 spiro atoms. The van der Waals surface area contributed by atoms with Gasteiger partial charge in [0.25, 0.3) is 0 Å². The summed E-state index contributed by atoms with van der Waals surface area (Å²) in [5.74, 6) is 1.15. The first-order chi connectivity index (χ1) is 11.7. The SMILES string of the molecule is O=C(NCC1CCN(c2cccc(Br)c2)C1)C1CC12CCNCC2. The number of rotatable bonds is 4. The van der Waals surface area contributed by atoms with E-state index in [2.05, 4.69) is 55.7 Å². The van der Waals surface area contributed by atoms with Crippen LogP contribution in [-0.4, -0.2) is 38.6 Å². The topological polar surface area (TPSA) is 44.4 Å². The molecule has 2 atom stereocenters. The number of nitrogens with one attached hydrogen (secondary N) is 2. The molecular formula is C19H26BrN3O. The number of hydrogen-bond donors (Lipinski definition) is 2. The molecule has 130 valence electrons. The van der Waals surface area contributed by atoms with Gasteiger partial charge in [-0.2, -0.15) is 0 Å². The standard InChI is InChI=1S/C19H26BrN3O/c20-15-2-1-3-16(10-15)23-9-4-14(13-23)12-22-18(24)17-11-19(17)5-7-21-8-6-19/h1-3,10,14,17,21H,4-9,11-13H2,(H,22,24). The van der Waals surface area contributed by atoms with Crippen LogP contribution in [0.2, 0.25) is 0 Å². The Balaban J connectivity index is 1.25. The minimum atomic E-state index is 0.280. The van der Waals surface area contributed by atoms with Crippen molar-refractivity contribution in [1.29, 1.82) is 0 Å². The van der Waals surface area contributed by atoms with E-state index in [0.717, 1.165) is 50.0 Å². The van der Waals surface area contributed by atoms with Crippen LogP contribution in [-0.2, 0) is 4.79 Å². The van der Waals surface area contributed by atoms with Crippen LogP contribution in [0, 0.1) is 17.3 Å². The zero-order chi connectivity index (χ0) is 16.6. The Morgan fingerprint density at radius 3 is 3.00 bits per heavy atom. The van der Waals surface area contributed by atoms with Gasteiger partial charge in [-0.1, -0.05) is 22.0 Å². The Bertz CT molecular complexity index is 614. The minimum absolute atomic E-state index is 0.280. The van der Waals surface area contributed by atoms with Crippen molar-refractivity contribution in [2.75, 3.05) is 37.6 Å². The highest BCUT2D eigenvalue weighted by Gasteiger charge is 2.57. The van der Waals surface area contributed by atoms with Crippen molar-refractivity contribution < 1.29 is 4.79 Å². The van der Waals surface area contributed by atoms with Gasteiger partial charge in [0.2, 0.25) is 5.91 Å². The molecule has 4 nitrogen and oxygen atoms in total. The number of carbonyl (C=O) groups is 1. The van der Waals surface area contributed by atoms with Gasteiger partial charge in [-0.3, -0.25) is 4.79 Å². The second-order valence-electron chi connectivity index (χ2n) is 7.69. The van der Waals surface area contributed by atoms with Crippen LogP contribution < -0.4 is 15.5 Å². The molecule has 2 saturated heterocycles. The number of nitrogens with zero attached hydrogens (tertiary/aromatic N) is 1. The lowest BCUT2D eigenvalue weighted by Gasteiger charge is -2.23. The summed E-state index contributed by atoms with van der Waals surface area (Å²) >= 11 is 3.54. The van der Waals surface area contributed by atoms with Crippen LogP contribution in [0.25, 0.3) is 0 Å². The molecule has 5 heteroatoms. The van der Waals surface area contributed by atoms with Crippen molar-refractivity contribution in [2.24, 2.45) is 17.3 Å². The molecule has 3 aliphatic rings. The van der Waals surface area contributed by atoms with Gasteiger partial charge >= 0.3 is 0 Å². The highest BCUT2D eigenvalue weighted by molar-refractivity contribution is 9.10. The lowest BCUT2D eigenvalue weighted by Crippen LogP contribution is -2.36. The third-order valence-electron chi connectivity index (χ3n) is 6.13. The van der Waals surface area contributed by atoms with E-state index in [1.54, 1.807) is 0 Å². The molecule has 3 fully saturated rings. The molecule has 1 aromatic rings. The maximum atomic E-state index is 12.5. The van der Waals surface area contributed by atoms with Gasteiger partial charge < -0.3 is 15.5 Å². The van der Waals surface area contributed by atoms with Crippen LogP contribution in [0.15, 0.2) is 28.7 Å². The summed E-state index contributed by atoms with van der Waals surface area (Å²) in [6.45, 7) is 5.10. The quantitative estimate of drug-likeness (QED) is 0.829. The molecule has 24 heavy (non-hydrogen) atoms. The molecule has 1 aliphatic carbocycles. The maximum absolute atomic E-state index is 12.5. The second-order valence-corrected chi connectivity index (χ2v) is 8.61. The maximum Gasteiger partial charge on any atom is 0.223 e. The predicted octanol–water partition coefficient (Wildman–Crippen LogP) is 2.78. The van der Waals surface area contributed by atoms with E-state index in [4.69, 9.17) is 0 Å². The molecule has 2 heterocycles. The van der Waals surface area contributed by atoms with Gasteiger partial charge in [0.05, 0.1) is 0 Å². The van der Waals surface area contributed by atoms with Crippen molar-refractivity contribution in [3.63, 3.8) is 0 Å². The van der Waals surface area contributed by atoms with E-state index < -0.39 is 0 Å². The van der Waals surface area contributed by atoms with E-state index in [-0.39, 0.29) is 5.92 Å². The summed E-state index contributed by atoms with van der Waals surface area (Å²) in [5, 5.41) is 6.65.